The highest BCUT2D eigenvalue weighted by molar-refractivity contribution is 5.80. The zero-order chi connectivity index (χ0) is 11.5. The van der Waals surface area contributed by atoms with Crippen LogP contribution in [0.25, 0.3) is 0 Å². The van der Waals surface area contributed by atoms with E-state index in [2.05, 4.69) is 24.2 Å². The second kappa shape index (κ2) is 4.94. The second-order valence-corrected chi connectivity index (χ2v) is 4.88. The number of likely N-dealkylation sites (tertiary alicyclic amines) is 1. The molecule has 0 radical (unpaired) electrons. The van der Waals surface area contributed by atoms with E-state index in [1.807, 2.05) is 6.92 Å². The van der Waals surface area contributed by atoms with E-state index in [-0.39, 0.29) is 11.9 Å². The average molecular weight is 213 g/mol. The van der Waals surface area contributed by atoms with Gasteiger partial charge in [-0.05, 0) is 38.3 Å². The standard InChI is InChI=1S/C11H23N3O/c1-4-11(3)5-7-14(8-6-11)9(2)10(15)13-12/h9H,4-8,12H2,1-3H3,(H,13,15). The summed E-state index contributed by atoms with van der Waals surface area (Å²) in [5.41, 5.74) is 2.68. The molecule has 4 nitrogen and oxygen atoms in total. The number of carbonyl (C=O) groups is 1. The molecule has 1 amide bonds. The predicted octanol–water partition coefficient (Wildman–Crippen LogP) is 0.877. The molecule has 0 aromatic carbocycles. The number of piperidine rings is 1. The van der Waals surface area contributed by atoms with Crippen molar-refractivity contribution in [2.45, 2.75) is 46.1 Å². The van der Waals surface area contributed by atoms with Crippen LogP contribution in [-0.2, 0) is 4.79 Å². The summed E-state index contributed by atoms with van der Waals surface area (Å²) < 4.78 is 0. The number of rotatable bonds is 3. The van der Waals surface area contributed by atoms with Crippen LogP contribution in [0.15, 0.2) is 0 Å². The molecule has 1 fully saturated rings. The molecular weight excluding hydrogens is 190 g/mol. The van der Waals surface area contributed by atoms with Crippen molar-refractivity contribution in [3.8, 4) is 0 Å². The molecule has 15 heavy (non-hydrogen) atoms. The Kier molecular flexibility index (Phi) is 4.11. The van der Waals surface area contributed by atoms with E-state index in [0.717, 1.165) is 13.1 Å². The number of hydrogen-bond acceptors (Lipinski definition) is 3. The highest BCUT2D eigenvalue weighted by Gasteiger charge is 2.31. The van der Waals surface area contributed by atoms with Gasteiger partial charge in [-0.3, -0.25) is 15.1 Å². The van der Waals surface area contributed by atoms with Gasteiger partial charge in [-0.1, -0.05) is 20.3 Å². The Hall–Kier alpha value is -0.610. The van der Waals surface area contributed by atoms with Crippen LogP contribution >= 0.6 is 0 Å². The van der Waals surface area contributed by atoms with Crippen molar-refractivity contribution >= 4 is 5.91 Å². The Morgan fingerprint density at radius 3 is 2.47 bits per heavy atom. The molecule has 1 aliphatic rings. The molecule has 1 unspecified atom stereocenters. The maximum atomic E-state index is 11.4. The summed E-state index contributed by atoms with van der Waals surface area (Å²) in [6.45, 7) is 8.48. The molecule has 1 rings (SSSR count). The Balaban J connectivity index is 2.47. The van der Waals surface area contributed by atoms with Crippen LogP contribution < -0.4 is 11.3 Å². The Morgan fingerprint density at radius 1 is 1.53 bits per heavy atom. The van der Waals surface area contributed by atoms with Crippen molar-refractivity contribution in [3.05, 3.63) is 0 Å². The molecule has 3 N–H and O–H groups in total. The van der Waals surface area contributed by atoms with Crippen molar-refractivity contribution in [1.29, 1.82) is 0 Å². The minimum absolute atomic E-state index is 0.0879. The van der Waals surface area contributed by atoms with Crippen molar-refractivity contribution in [3.63, 3.8) is 0 Å². The van der Waals surface area contributed by atoms with E-state index >= 15 is 0 Å². The summed E-state index contributed by atoms with van der Waals surface area (Å²) in [6, 6.07) is -0.101. The number of nitrogens with zero attached hydrogens (tertiary/aromatic N) is 1. The summed E-state index contributed by atoms with van der Waals surface area (Å²) in [5, 5.41) is 0. The molecule has 0 aliphatic carbocycles. The molecule has 0 aromatic heterocycles. The second-order valence-electron chi connectivity index (χ2n) is 4.88. The molecule has 1 aliphatic heterocycles. The molecular formula is C11H23N3O. The van der Waals surface area contributed by atoms with Crippen LogP contribution in [0.1, 0.15) is 40.0 Å². The van der Waals surface area contributed by atoms with E-state index in [1.165, 1.54) is 19.3 Å². The van der Waals surface area contributed by atoms with Gasteiger partial charge in [-0.15, -0.1) is 0 Å². The highest BCUT2D eigenvalue weighted by Crippen LogP contribution is 2.34. The highest BCUT2D eigenvalue weighted by atomic mass is 16.2. The van der Waals surface area contributed by atoms with Gasteiger partial charge in [0.15, 0.2) is 0 Å². The quantitative estimate of drug-likeness (QED) is 0.415. The average Bonchev–Trinajstić information content (AvgIpc) is 2.28. The monoisotopic (exact) mass is 213 g/mol. The molecule has 1 heterocycles. The fraction of sp³-hybridized carbons (Fsp3) is 0.909. The Labute approximate surface area is 92.2 Å². The van der Waals surface area contributed by atoms with Crippen molar-refractivity contribution in [2.75, 3.05) is 13.1 Å². The normalized spacial score (nSPS) is 23.5. The van der Waals surface area contributed by atoms with Gasteiger partial charge in [0.1, 0.15) is 0 Å². The van der Waals surface area contributed by atoms with Crippen LogP contribution in [0, 0.1) is 5.41 Å². The van der Waals surface area contributed by atoms with Gasteiger partial charge in [-0.25, -0.2) is 5.84 Å². The minimum atomic E-state index is -0.101. The van der Waals surface area contributed by atoms with E-state index < -0.39 is 0 Å². The van der Waals surface area contributed by atoms with E-state index in [4.69, 9.17) is 5.84 Å². The SMILES string of the molecule is CCC1(C)CCN(C(C)C(=O)NN)CC1. The van der Waals surface area contributed by atoms with E-state index in [0.29, 0.717) is 5.41 Å². The summed E-state index contributed by atoms with van der Waals surface area (Å²) in [7, 11) is 0. The lowest BCUT2D eigenvalue weighted by atomic mass is 9.78. The summed E-state index contributed by atoms with van der Waals surface area (Å²) >= 11 is 0. The van der Waals surface area contributed by atoms with Crippen molar-refractivity contribution < 1.29 is 4.79 Å². The number of hydrogen-bond donors (Lipinski definition) is 2. The number of hydrazine groups is 1. The third-order valence-corrected chi connectivity index (χ3v) is 3.93. The third kappa shape index (κ3) is 2.92. The molecule has 0 bridgehead atoms. The van der Waals surface area contributed by atoms with Gasteiger partial charge >= 0.3 is 0 Å². The number of nitrogens with two attached hydrogens (primary N) is 1. The fourth-order valence-electron chi connectivity index (χ4n) is 2.09. The van der Waals surface area contributed by atoms with Crippen LogP contribution in [0.3, 0.4) is 0 Å². The maximum Gasteiger partial charge on any atom is 0.250 e. The van der Waals surface area contributed by atoms with Crippen molar-refractivity contribution in [2.24, 2.45) is 11.3 Å². The van der Waals surface area contributed by atoms with Gasteiger partial charge < -0.3 is 0 Å². The molecule has 1 saturated heterocycles. The lowest BCUT2D eigenvalue weighted by molar-refractivity contribution is -0.126. The minimum Gasteiger partial charge on any atom is -0.293 e. The van der Waals surface area contributed by atoms with Crippen LogP contribution in [0.2, 0.25) is 0 Å². The molecule has 0 aromatic rings. The van der Waals surface area contributed by atoms with Gasteiger partial charge in [0.2, 0.25) is 0 Å². The predicted molar refractivity (Wildman–Crippen MR) is 61.0 cm³/mol. The zero-order valence-electron chi connectivity index (χ0n) is 10.0. The number of carbonyl (C=O) groups excluding carboxylic acids is 1. The molecule has 0 spiro atoms. The first-order chi connectivity index (χ1) is 7.02. The van der Waals surface area contributed by atoms with Gasteiger partial charge in [-0.2, -0.15) is 0 Å². The molecule has 88 valence electrons. The molecule has 1 atom stereocenters. The zero-order valence-corrected chi connectivity index (χ0v) is 10.0. The summed E-state index contributed by atoms with van der Waals surface area (Å²) in [6.07, 6.45) is 3.57. The van der Waals surface area contributed by atoms with Gasteiger partial charge in [0.05, 0.1) is 6.04 Å². The smallest absolute Gasteiger partial charge is 0.250 e. The number of nitrogens with one attached hydrogen (secondary N) is 1. The summed E-state index contributed by atoms with van der Waals surface area (Å²) in [5.74, 6) is 5.05. The Morgan fingerprint density at radius 2 is 2.07 bits per heavy atom. The first-order valence-corrected chi connectivity index (χ1v) is 5.77. The van der Waals surface area contributed by atoms with Crippen LogP contribution in [0.4, 0.5) is 0 Å². The first kappa shape index (κ1) is 12.5. The van der Waals surface area contributed by atoms with Crippen molar-refractivity contribution in [1.82, 2.24) is 10.3 Å². The number of amides is 1. The lowest BCUT2D eigenvalue weighted by Crippen LogP contribution is -2.51. The van der Waals surface area contributed by atoms with Gasteiger partial charge in [0, 0.05) is 0 Å². The van der Waals surface area contributed by atoms with Crippen LogP contribution in [0.5, 0.6) is 0 Å². The van der Waals surface area contributed by atoms with Crippen LogP contribution in [-0.4, -0.2) is 29.9 Å². The topological polar surface area (TPSA) is 58.4 Å². The molecule has 4 heteroatoms. The van der Waals surface area contributed by atoms with E-state index in [1.54, 1.807) is 0 Å². The fourth-order valence-corrected chi connectivity index (χ4v) is 2.09. The lowest BCUT2D eigenvalue weighted by Gasteiger charge is -2.40. The first-order valence-electron chi connectivity index (χ1n) is 5.77. The Bertz CT molecular complexity index is 222. The summed E-state index contributed by atoms with van der Waals surface area (Å²) in [4.78, 5) is 13.6. The van der Waals surface area contributed by atoms with Gasteiger partial charge in [0.25, 0.3) is 5.91 Å². The van der Waals surface area contributed by atoms with E-state index in [9.17, 15) is 4.79 Å². The third-order valence-electron chi connectivity index (χ3n) is 3.93. The largest absolute Gasteiger partial charge is 0.293 e. The maximum absolute atomic E-state index is 11.4. The molecule has 0 saturated carbocycles.